The van der Waals surface area contributed by atoms with Crippen molar-refractivity contribution in [1.82, 2.24) is 5.32 Å². The van der Waals surface area contributed by atoms with Crippen molar-refractivity contribution in [3.63, 3.8) is 0 Å². The highest BCUT2D eigenvalue weighted by atomic mass is 16.5. The predicted molar refractivity (Wildman–Crippen MR) is 51.5 cm³/mol. The second-order valence-corrected chi connectivity index (χ2v) is 3.14. The van der Waals surface area contributed by atoms with Gasteiger partial charge in [-0.3, -0.25) is 0 Å². The summed E-state index contributed by atoms with van der Waals surface area (Å²) in [5.74, 6) is 0.976. The van der Waals surface area contributed by atoms with Gasteiger partial charge in [-0.25, -0.2) is 0 Å². The maximum atomic E-state index is 5.19. The molecular formula is C10H17NO2. The Morgan fingerprint density at radius 1 is 1.62 bits per heavy atom. The molecule has 1 aromatic rings. The topological polar surface area (TPSA) is 34.4 Å². The lowest BCUT2D eigenvalue weighted by Gasteiger charge is -2.11. The summed E-state index contributed by atoms with van der Waals surface area (Å²) in [5.41, 5.74) is 0. The number of rotatable bonds is 6. The molecule has 0 spiro atoms. The summed E-state index contributed by atoms with van der Waals surface area (Å²) in [7, 11) is 1.72. The zero-order chi connectivity index (χ0) is 9.52. The molecule has 1 aromatic heterocycles. The smallest absolute Gasteiger partial charge is 0.117 e. The number of nitrogens with one attached hydrogen (secondary N) is 1. The summed E-state index contributed by atoms with van der Waals surface area (Å²) in [4.78, 5) is 0. The van der Waals surface area contributed by atoms with E-state index in [1.807, 2.05) is 12.1 Å². The molecule has 0 radical (unpaired) electrons. The first kappa shape index (κ1) is 10.3. The largest absolute Gasteiger partial charge is 0.468 e. The number of hydrogen-bond donors (Lipinski definition) is 1. The normalized spacial score (nSPS) is 13.1. The summed E-state index contributed by atoms with van der Waals surface area (Å²) in [5, 5.41) is 3.35. The lowest BCUT2D eigenvalue weighted by molar-refractivity contribution is 0.184. The lowest BCUT2D eigenvalue weighted by Crippen LogP contribution is -2.26. The first-order valence-electron chi connectivity index (χ1n) is 4.57. The second-order valence-electron chi connectivity index (χ2n) is 3.14. The van der Waals surface area contributed by atoms with E-state index in [0.717, 1.165) is 25.3 Å². The fraction of sp³-hybridized carbons (Fsp3) is 0.600. The van der Waals surface area contributed by atoms with E-state index < -0.39 is 0 Å². The summed E-state index contributed by atoms with van der Waals surface area (Å²) >= 11 is 0. The fourth-order valence-electron chi connectivity index (χ4n) is 1.08. The van der Waals surface area contributed by atoms with E-state index in [2.05, 4.69) is 12.2 Å². The highest BCUT2D eigenvalue weighted by Gasteiger charge is 2.01. The van der Waals surface area contributed by atoms with E-state index in [1.165, 1.54) is 0 Å². The maximum absolute atomic E-state index is 5.19. The Morgan fingerprint density at radius 2 is 2.46 bits per heavy atom. The minimum Gasteiger partial charge on any atom is -0.468 e. The second kappa shape index (κ2) is 5.78. The van der Waals surface area contributed by atoms with E-state index in [9.17, 15) is 0 Å². The lowest BCUT2D eigenvalue weighted by atomic mass is 10.2. The number of ether oxygens (including phenoxy) is 1. The third-order valence-electron chi connectivity index (χ3n) is 1.96. The molecular weight excluding hydrogens is 166 g/mol. The van der Waals surface area contributed by atoms with Gasteiger partial charge in [0.05, 0.1) is 12.8 Å². The van der Waals surface area contributed by atoms with Gasteiger partial charge in [-0.05, 0) is 25.5 Å². The van der Waals surface area contributed by atoms with Crippen molar-refractivity contribution in [1.29, 1.82) is 0 Å². The highest BCUT2D eigenvalue weighted by Crippen LogP contribution is 2.00. The van der Waals surface area contributed by atoms with Gasteiger partial charge in [0, 0.05) is 19.8 Å². The highest BCUT2D eigenvalue weighted by molar-refractivity contribution is 4.97. The van der Waals surface area contributed by atoms with Gasteiger partial charge in [-0.1, -0.05) is 0 Å². The monoisotopic (exact) mass is 183 g/mol. The molecule has 1 atom stereocenters. The van der Waals surface area contributed by atoms with Crippen LogP contribution in [0.3, 0.4) is 0 Å². The molecule has 0 amide bonds. The molecule has 13 heavy (non-hydrogen) atoms. The van der Waals surface area contributed by atoms with Gasteiger partial charge in [-0.15, -0.1) is 0 Å². The van der Waals surface area contributed by atoms with Crippen molar-refractivity contribution in [3.8, 4) is 0 Å². The van der Waals surface area contributed by atoms with Crippen molar-refractivity contribution >= 4 is 0 Å². The Hall–Kier alpha value is -0.800. The third kappa shape index (κ3) is 4.10. The van der Waals surface area contributed by atoms with Crippen molar-refractivity contribution in [2.75, 3.05) is 13.7 Å². The molecule has 0 fully saturated rings. The van der Waals surface area contributed by atoms with Crippen LogP contribution in [0.15, 0.2) is 22.8 Å². The quantitative estimate of drug-likeness (QED) is 0.730. The molecule has 1 rings (SSSR count). The number of methoxy groups -OCH3 is 1. The summed E-state index contributed by atoms with van der Waals surface area (Å²) in [6, 6.07) is 4.33. The van der Waals surface area contributed by atoms with Crippen LogP contribution in [0.1, 0.15) is 19.1 Å². The molecule has 0 aliphatic rings. The molecule has 1 unspecified atom stereocenters. The zero-order valence-electron chi connectivity index (χ0n) is 8.25. The van der Waals surface area contributed by atoms with Crippen LogP contribution in [0.4, 0.5) is 0 Å². The van der Waals surface area contributed by atoms with Gasteiger partial charge in [0.25, 0.3) is 0 Å². The van der Waals surface area contributed by atoms with Gasteiger partial charge in [-0.2, -0.15) is 0 Å². The maximum Gasteiger partial charge on any atom is 0.117 e. The van der Waals surface area contributed by atoms with Gasteiger partial charge in [0.2, 0.25) is 0 Å². The molecule has 0 aliphatic heterocycles. The zero-order valence-corrected chi connectivity index (χ0v) is 8.25. The molecule has 0 saturated heterocycles. The third-order valence-corrected chi connectivity index (χ3v) is 1.96. The Morgan fingerprint density at radius 3 is 3.08 bits per heavy atom. The summed E-state index contributed by atoms with van der Waals surface area (Å²) in [6.45, 7) is 3.73. The van der Waals surface area contributed by atoms with E-state index >= 15 is 0 Å². The van der Waals surface area contributed by atoms with Crippen molar-refractivity contribution < 1.29 is 9.15 Å². The van der Waals surface area contributed by atoms with Crippen molar-refractivity contribution in [2.45, 2.75) is 25.9 Å². The number of hydrogen-bond acceptors (Lipinski definition) is 3. The average molecular weight is 183 g/mol. The fourth-order valence-corrected chi connectivity index (χ4v) is 1.08. The molecule has 0 aliphatic carbocycles. The van der Waals surface area contributed by atoms with Gasteiger partial charge in [0.1, 0.15) is 5.76 Å². The van der Waals surface area contributed by atoms with E-state index in [4.69, 9.17) is 9.15 Å². The van der Waals surface area contributed by atoms with Crippen LogP contribution in [0.5, 0.6) is 0 Å². The van der Waals surface area contributed by atoms with Crippen LogP contribution in [0, 0.1) is 0 Å². The first-order valence-corrected chi connectivity index (χ1v) is 4.57. The standard InChI is InChI=1S/C10H17NO2/c1-9(5-7-12-2)11-8-10-4-3-6-13-10/h3-4,6,9,11H,5,7-8H2,1-2H3. The van der Waals surface area contributed by atoms with E-state index in [0.29, 0.717) is 6.04 Å². The molecule has 3 heteroatoms. The van der Waals surface area contributed by atoms with E-state index in [1.54, 1.807) is 13.4 Å². The van der Waals surface area contributed by atoms with E-state index in [-0.39, 0.29) is 0 Å². The molecule has 1 heterocycles. The van der Waals surface area contributed by atoms with Crippen LogP contribution >= 0.6 is 0 Å². The van der Waals surface area contributed by atoms with Crippen LogP contribution in [0.25, 0.3) is 0 Å². The summed E-state index contributed by atoms with van der Waals surface area (Å²) < 4.78 is 10.2. The van der Waals surface area contributed by atoms with Crippen LogP contribution in [0.2, 0.25) is 0 Å². The van der Waals surface area contributed by atoms with Gasteiger partial charge < -0.3 is 14.5 Å². The van der Waals surface area contributed by atoms with Crippen LogP contribution in [-0.2, 0) is 11.3 Å². The van der Waals surface area contributed by atoms with Gasteiger partial charge >= 0.3 is 0 Å². The number of furan rings is 1. The van der Waals surface area contributed by atoms with Crippen LogP contribution in [-0.4, -0.2) is 19.8 Å². The minimum absolute atomic E-state index is 0.463. The van der Waals surface area contributed by atoms with Crippen molar-refractivity contribution in [2.24, 2.45) is 0 Å². The molecule has 3 nitrogen and oxygen atoms in total. The SMILES string of the molecule is COCCC(C)NCc1ccco1. The van der Waals surface area contributed by atoms with Crippen molar-refractivity contribution in [3.05, 3.63) is 24.2 Å². The molecule has 0 bridgehead atoms. The first-order chi connectivity index (χ1) is 6.33. The molecule has 1 N–H and O–H groups in total. The Balaban J connectivity index is 2.11. The Bertz CT molecular complexity index is 209. The molecule has 74 valence electrons. The Labute approximate surface area is 79.1 Å². The molecule has 0 saturated carbocycles. The van der Waals surface area contributed by atoms with Crippen LogP contribution < -0.4 is 5.32 Å². The molecule has 0 aromatic carbocycles. The summed E-state index contributed by atoms with van der Waals surface area (Å²) in [6.07, 6.45) is 2.72. The van der Waals surface area contributed by atoms with Gasteiger partial charge in [0.15, 0.2) is 0 Å². The Kier molecular flexibility index (Phi) is 4.57. The minimum atomic E-state index is 0.463. The predicted octanol–water partition coefficient (Wildman–Crippen LogP) is 1.79. The average Bonchev–Trinajstić information content (AvgIpc) is 2.64.